The van der Waals surface area contributed by atoms with E-state index >= 15 is 0 Å². The third-order valence-electron chi connectivity index (χ3n) is 8.06. The van der Waals surface area contributed by atoms with Gasteiger partial charge in [-0.3, -0.25) is 24.9 Å². The molecule has 5 heterocycles. The Hall–Kier alpha value is -5.66. The van der Waals surface area contributed by atoms with E-state index in [0.717, 1.165) is 72.2 Å². The zero-order valence-electron chi connectivity index (χ0n) is 23.3. The molecule has 4 aromatic heterocycles. The lowest BCUT2D eigenvalue weighted by molar-refractivity contribution is 1.16. The Morgan fingerprint density at radius 2 is 1.00 bits per heavy atom. The van der Waals surface area contributed by atoms with Crippen LogP contribution in [0.15, 0.2) is 144 Å². The maximum atomic E-state index is 5.05. The van der Waals surface area contributed by atoms with Crippen LogP contribution in [0.2, 0.25) is 0 Å². The number of fused-ring (bicyclic) bond motifs is 8. The summed E-state index contributed by atoms with van der Waals surface area (Å²) in [6, 6.07) is 33.7. The zero-order chi connectivity index (χ0) is 29.0. The molecule has 1 aliphatic heterocycles. The summed E-state index contributed by atoms with van der Waals surface area (Å²) in [5.74, 6) is 0. The van der Waals surface area contributed by atoms with Crippen molar-refractivity contribution in [2.75, 3.05) is 4.90 Å². The molecule has 0 radical (unpaired) electrons. The van der Waals surface area contributed by atoms with Gasteiger partial charge in [0.2, 0.25) is 0 Å². The van der Waals surface area contributed by atoms with E-state index in [-0.39, 0.29) is 0 Å². The van der Waals surface area contributed by atoms with Crippen LogP contribution in [0.5, 0.6) is 0 Å². The molecule has 0 unspecified atom stereocenters. The molecule has 0 saturated carbocycles. The summed E-state index contributed by atoms with van der Waals surface area (Å²) in [5, 5.41) is 1.83. The molecule has 9 rings (SSSR count). The summed E-state index contributed by atoms with van der Waals surface area (Å²) in [5.41, 5.74) is 10.5. The van der Waals surface area contributed by atoms with E-state index < -0.39 is 0 Å². The zero-order valence-corrected chi connectivity index (χ0v) is 24.1. The van der Waals surface area contributed by atoms with Crippen molar-refractivity contribution in [3.05, 3.63) is 134 Å². The van der Waals surface area contributed by atoms with Crippen molar-refractivity contribution in [3.63, 3.8) is 0 Å². The summed E-state index contributed by atoms with van der Waals surface area (Å²) in [7, 11) is 0. The first kappa shape index (κ1) is 24.9. The molecule has 206 valence electrons. The average molecular weight is 583 g/mol. The van der Waals surface area contributed by atoms with Gasteiger partial charge in [0, 0.05) is 68.2 Å². The van der Waals surface area contributed by atoms with Crippen molar-refractivity contribution < 1.29 is 0 Å². The second kappa shape index (κ2) is 9.97. The maximum absolute atomic E-state index is 5.05. The Morgan fingerprint density at radius 1 is 0.455 bits per heavy atom. The lowest BCUT2D eigenvalue weighted by Crippen LogP contribution is -2.15. The molecule has 1 aliphatic rings. The molecule has 7 heteroatoms. The Labute approximate surface area is 257 Å². The van der Waals surface area contributed by atoms with Crippen LogP contribution in [-0.4, -0.2) is 24.9 Å². The summed E-state index contributed by atoms with van der Waals surface area (Å²) >= 11 is 1.79. The van der Waals surface area contributed by atoms with Crippen LogP contribution in [0.4, 0.5) is 17.1 Å². The largest absolute Gasteiger partial charge is 0.307 e. The van der Waals surface area contributed by atoms with Gasteiger partial charge in [0.25, 0.3) is 0 Å². The second-order valence-electron chi connectivity index (χ2n) is 10.7. The molecule has 0 atom stereocenters. The molecular formula is C37H22N6S. The highest BCUT2D eigenvalue weighted by Gasteiger charge is 2.25. The summed E-state index contributed by atoms with van der Waals surface area (Å²) in [4.78, 5) is 28.9. The van der Waals surface area contributed by atoms with Crippen molar-refractivity contribution >= 4 is 61.7 Å². The third kappa shape index (κ3) is 3.94. The van der Waals surface area contributed by atoms with Crippen LogP contribution < -0.4 is 4.90 Å². The number of rotatable bonds is 3. The Balaban J connectivity index is 1.24. The predicted molar refractivity (Wildman–Crippen MR) is 178 cm³/mol. The number of pyridine rings is 3. The topological polar surface area (TPSA) is 67.7 Å². The van der Waals surface area contributed by atoms with Crippen LogP contribution in [0.1, 0.15) is 0 Å². The predicted octanol–water partition coefficient (Wildman–Crippen LogP) is 9.39. The Kier molecular flexibility index (Phi) is 5.64. The fourth-order valence-corrected chi connectivity index (χ4v) is 7.10. The van der Waals surface area contributed by atoms with Crippen LogP contribution >= 0.6 is 11.8 Å². The average Bonchev–Trinajstić information content (AvgIpc) is 3.10. The van der Waals surface area contributed by atoms with Gasteiger partial charge in [0.05, 0.1) is 45.3 Å². The number of para-hydroxylation sites is 2. The lowest BCUT2D eigenvalue weighted by Gasteiger charge is -2.32. The number of benzene rings is 4. The number of nitrogens with zero attached hydrogens (tertiary/aromatic N) is 6. The molecule has 0 aliphatic carbocycles. The van der Waals surface area contributed by atoms with Crippen molar-refractivity contribution in [1.29, 1.82) is 0 Å². The fourth-order valence-electron chi connectivity index (χ4n) is 6.04. The molecule has 4 aromatic carbocycles. The lowest BCUT2D eigenvalue weighted by atomic mass is 10.0. The van der Waals surface area contributed by atoms with Crippen molar-refractivity contribution in [1.82, 2.24) is 24.9 Å². The molecule has 0 saturated heterocycles. The second-order valence-corrected chi connectivity index (χ2v) is 11.7. The quantitative estimate of drug-likeness (QED) is 0.192. The standard InChI is InChI=1S/C37H22N6S/c1-2-8-23(9-3-1)24-16-25(20-38-19-24)26-17-28-34-35(40-15-14-39-34)29-18-27(22-42-37(29)36(28)41-21-26)43-30-10-4-6-12-32(30)44-33-13-7-5-11-31(33)43/h1-22H. The summed E-state index contributed by atoms with van der Waals surface area (Å²) in [6.45, 7) is 0. The normalized spacial score (nSPS) is 12.4. The van der Waals surface area contributed by atoms with E-state index in [1.54, 1.807) is 24.2 Å². The Bertz CT molecular complexity index is 2330. The smallest absolute Gasteiger partial charge is 0.0989 e. The van der Waals surface area contributed by atoms with Gasteiger partial charge in [-0.05, 0) is 48.0 Å². The van der Waals surface area contributed by atoms with E-state index in [9.17, 15) is 0 Å². The van der Waals surface area contributed by atoms with Crippen molar-refractivity contribution in [2.45, 2.75) is 9.79 Å². The first-order valence-electron chi connectivity index (χ1n) is 14.3. The van der Waals surface area contributed by atoms with Crippen LogP contribution in [0.25, 0.3) is 55.1 Å². The highest BCUT2D eigenvalue weighted by molar-refractivity contribution is 7.99. The van der Waals surface area contributed by atoms with Gasteiger partial charge in [0.15, 0.2) is 0 Å². The first-order valence-corrected chi connectivity index (χ1v) is 15.1. The van der Waals surface area contributed by atoms with Crippen molar-refractivity contribution in [2.24, 2.45) is 0 Å². The fraction of sp³-hybridized carbons (Fsp3) is 0. The summed E-state index contributed by atoms with van der Waals surface area (Å²) in [6.07, 6.45) is 11.1. The third-order valence-corrected chi connectivity index (χ3v) is 9.19. The van der Waals surface area contributed by atoms with E-state index in [1.807, 2.05) is 43.0 Å². The molecule has 44 heavy (non-hydrogen) atoms. The van der Waals surface area contributed by atoms with Gasteiger partial charge in [-0.15, -0.1) is 0 Å². The molecule has 8 aromatic rings. The highest BCUT2D eigenvalue weighted by Crippen LogP contribution is 2.51. The summed E-state index contributed by atoms with van der Waals surface area (Å²) < 4.78 is 0. The van der Waals surface area contributed by atoms with Gasteiger partial charge in [0.1, 0.15) is 0 Å². The minimum atomic E-state index is 0.797. The Morgan fingerprint density at radius 3 is 1.70 bits per heavy atom. The molecule has 0 spiro atoms. The van der Waals surface area contributed by atoms with E-state index in [1.165, 1.54) is 9.79 Å². The number of anilines is 3. The van der Waals surface area contributed by atoms with Gasteiger partial charge < -0.3 is 4.90 Å². The number of hydrogen-bond donors (Lipinski definition) is 0. The van der Waals surface area contributed by atoms with Crippen LogP contribution in [0.3, 0.4) is 0 Å². The first-order chi connectivity index (χ1) is 21.8. The van der Waals surface area contributed by atoms with Gasteiger partial charge in [-0.1, -0.05) is 66.4 Å². The van der Waals surface area contributed by atoms with Crippen LogP contribution in [-0.2, 0) is 0 Å². The molecular weight excluding hydrogens is 561 g/mol. The monoisotopic (exact) mass is 582 g/mol. The van der Waals surface area contributed by atoms with E-state index in [4.69, 9.17) is 19.9 Å². The number of aromatic nitrogens is 5. The highest BCUT2D eigenvalue weighted by atomic mass is 32.2. The van der Waals surface area contributed by atoms with Gasteiger partial charge in [-0.2, -0.15) is 0 Å². The minimum Gasteiger partial charge on any atom is -0.307 e. The van der Waals surface area contributed by atoms with Gasteiger partial charge >= 0.3 is 0 Å². The van der Waals surface area contributed by atoms with E-state index in [0.29, 0.717) is 0 Å². The molecule has 0 bridgehead atoms. The van der Waals surface area contributed by atoms with Gasteiger partial charge in [-0.25, -0.2) is 0 Å². The van der Waals surface area contributed by atoms with Crippen LogP contribution in [0, 0.1) is 0 Å². The molecule has 0 amide bonds. The minimum absolute atomic E-state index is 0.797. The van der Waals surface area contributed by atoms with E-state index in [2.05, 4.69) is 88.7 Å². The SMILES string of the molecule is c1ccc(-c2cncc(-c3cnc4c(c3)c3nccnc3c3cc(N5c6ccccc6Sc6ccccc65)cnc34)c2)cc1. The molecule has 6 nitrogen and oxygen atoms in total. The molecule has 0 N–H and O–H groups in total. The molecule has 0 fully saturated rings. The maximum Gasteiger partial charge on any atom is 0.0989 e. The van der Waals surface area contributed by atoms with Crippen molar-refractivity contribution in [3.8, 4) is 22.3 Å². The number of hydrogen-bond acceptors (Lipinski definition) is 7.